The van der Waals surface area contributed by atoms with Crippen LogP contribution in [0.15, 0.2) is 77.7 Å². The summed E-state index contributed by atoms with van der Waals surface area (Å²) >= 11 is 0. The number of carbonyl (C=O) groups excluding carboxylic acids is 1. The molecule has 0 radical (unpaired) electrons. The van der Waals surface area contributed by atoms with Crippen LogP contribution < -0.4 is 10.0 Å². The van der Waals surface area contributed by atoms with Crippen molar-refractivity contribution < 1.29 is 13.2 Å². The van der Waals surface area contributed by atoms with Crippen LogP contribution in [0, 0.1) is 0 Å². The molecule has 174 valence electrons. The van der Waals surface area contributed by atoms with Gasteiger partial charge in [0.2, 0.25) is 15.9 Å². The molecule has 0 aliphatic heterocycles. The lowest BCUT2D eigenvalue weighted by molar-refractivity contribution is -0.116. The van der Waals surface area contributed by atoms with Crippen LogP contribution in [0.2, 0.25) is 0 Å². The molecular weight excluding hydrogens is 432 g/mol. The van der Waals surface area contributed by atoms with Gasteiger partial charge in [0.15, 0.2) is 0 Å². The van der Waals surface area contributed by atoms with Crippen LogP contribution in [0.4, 0.5) is 5.69 Å². The average Bonchev–Trinajstić information content (AvgIpc) is 2.83. The number of benzene rings is 3. The highest BCUT2D eigenvalue weighted by Gasteiger charge is 2.18. The molecule has 5 nitrogen and oxygen atoms in total. The van der Waals surface area contributed by atoms with E-state index in [4.69, 9.17) is 0 Å². The molecule has 0 heterocycles. The average molecular weight is 465 g/mol. The summed E-state index contributed by atoms with van der Waals surface area (Å²) in [5.74, 6) is -0.0411. The third-order valence-corrected chi connectivity index (χ3v) is 7.33. The molecule has 3 rings (SSSR count). The molecule has 0 aromatic heterocycles. The van der Waals surface area contributed by atoms with Crippen molar-refractivity contribution in [1.82, 2.24) is 4.72 Å². The highest BCUT2D eigenvalue weighted by atomic mass is 32.2. The van der Waals surface area contributed by atoms with E-state index in [1.54, 1.807) is 24.3 Å². The molecule has 0 spiro atoms. The Hall–Kier alpha value is -2.96. The van der Waals surface area contributed by atoms with Gasteiger partial charge in [-0.15, -0.1) is 0 Å². The van der Waals surface area contributed by atoms with Crippen LogP contribution in [0.1, 0.15) is 55.5 Å². The van der Waals surface area contributed by atoms with Crippen molar-refractivity contribution in [2.45, 2.75) is 57.4 Å². The van der Waals surface area contributed by atoms with Crippen molar-refractivity contribution in [3.05, 3.63) is 95.1 Å². The Labute approximate surface area is 197 Å². The molecule has 0 saturated heterocycles. The van der Waals surface area contributed by atoms with Crippen LogP contribution in [0.3, 0.4) is 0 Å². The van der Waals surface area contributed by atoms with Gasteiger partial charge in [0.05, 0.1) is 4.90 Å². The van der Waals surface area contributed by atoms with E-state index in [1.807, 2.05) is 55.5 Å². The summed E-state index contributed by atoms with van der Waals surface area (Å²) in [5.41, 5.74) is 5.01. The number of hydrogen-bond acceptors (Lipinski definition) is 3. The first-order chi connectivity index (χ1) is 15.8. The summed E-state index contributed by atoms with van der Waals surface area (Å²) in [6.45, 7) is 5.98. The molecule has 6 heteroatoms. The molecule has 0 aliphatic carbocycles. The van der Waals surface area contributed by atoms with Gasteiger partial charge in [-0.1, -0.05) is 74.5 Å². The van der Waals surface area contributed by atoms with Crippen molar-refractivity contribution in [3.8, 4) is 0 Å². The third kappa shape index (κ3) is 6.53. The Morgan fingerprint density at radius 1 is 0.848 bits per heavy atom. The van der Waals surface area contributed by atoms with Gasteiger partial charge in [-0.2, -0.15) is 0 Å². The minimum absolute atomic E-state index is 0.0411. The molecule has 3 aromatic rings. The molecule has 2 N–H and O–H groups in total. The van der Waals surface area contributed by atoms with E-state index in [9.17, 15) is 13.2 Å². The van der Waals surface area contributed by atoms with E-state index in [0.29, 0.717) is 12.8 Å². The molecule has 0 aliphatic rings. The van der Waals surface area contributed by atoms with E-state index in [1.165, 1.54) is 0 Å². The first-order valence-electron chi connectivity index (χ1n) is 11.4. The second-order valence-electron chi connectivity index (χ2n) is 8.10. The Morgan fingerprint density at radius 3 is 2.03 bits per heavy atom. The van der Waals surface area contributed by atoms with Crippen molar-refractivity contribution in [1.29, 1.82) is 0 Å². The van der Waals surface area contributed by atoms with Crippen molar-refractivity contribution in [2.75, 3.05) is 5.32 Å². The second-order valence-corrected chi connectivity index (χ2v) is 9.82. The lowest BCUT2D eigenvalue weighted by Gasteiger charge is -2.15. The van der Waals surface area contributed by atoms with Gasteiger partial charge in [0, 0.05) is 18.2 Å². The molecule has 0 fully saturated rings. The summed E-state index contributed by atoms with van der Waals surface area (Å²) < 4.78 is 28.2. The lowest BCUT2D eigenvalue weighted by Crippen LogP contribution is -2.26. The van der Waals surface area contributed by atoms with Gasteiger partial charge in [-0.25, -0.2) is 13.1 Å². The summed E-state index contributed by atoms with van der Waals surface area (Å²) in [6, 6.07) is 22.0. The minimum atomic E-state index is -3.64. The fourth-order valence-electron chi connectivity index (χ4n) is 3.81. The highest BCUT2D eigenvalue weighted by molar-refractivity contribution is 7.89. The molecule has 0 bridgehead atoms. The van der Waals surface area contributed by atoms with Gasteiger partial charge in [0.25, 0.3) is 0 Å². The first kappa shape index (κ1) is 24.7. The molecule has 1 atom stereocenters. The number of anilines is 1. The Kier molecular flexibility index (Phi) is 8.42. The molecule has 0 saturated carbocycles. The Balaban J connectivity index is 1.60. The van der Waals surface area contributed by atoms with Crippen molar-refractivity contribution in [3.63, 3.8) is 0 Å². The van der Waals surface area contributed by atoms with Gasteiger partial charge in [-0.3, -0.25) is 4.79 Å². The van der Waals surface area contributed by atoms with E-state index in [-0.39, 0.29) is 16.8 Å². The van der Waals surface area contributed by atoms with Crippen molar-refractivity contribution in [2.24, 2.45) is 0 Å². The smallest absolute Gasteiger partial charge is 0.241 e. The summed E-state index contributed by atoms with van der Waals surface area (Å²) in [7, 11) is -3.64. The fourth-order valence-corrected chi connectivity index (χ4v) is 5.04. The maximum Gasteiger partial charge on any atom is 0.241 e. The van der Waals surface area contributed by atoms with Crippen LogP contribution in [-0.4, -0.2) is 14.3 Å². The van der Waals surface area contributed by atoms with Crippen LogP contribution in [0.5, 0.6) is 0 Å². The monoisotopic (exact) mass is 464 g/mol. The van der Waals surface area contributed by atoms with Crippen LogP contribution in [-0.2, 0) is 34.1 Å². The first-order valence-corrected chi connectivity index (χ1v) is 12.9. The normalized spacial score (nSPS) is 12.3. The van der Waals surface area contributed by atoms with Crippen molar-refractivity contribution >= 4 is 21.6 Å². The topological polar surface area (TPSA) is 75.3 Å². The predicted octanol–water partition coefficient (Wildman–Crippen LogP) is 5.42. The molecular formula is C27H32N2O3S. The Bertz CT molecular complexity index is 1150. The van der Waals surface area contributed by atoms with E-state index < -0.39 is 10.0 Å². The zero-order valence-electron chi connectivity index (χ0n) is 19.5. The maximum absolute atomic E-state index is 12.7. The maximum atomic E-state index is 12.7. The van der Waals surface area contributed by atoms with Gasteiger partial charge < -0.3 is 5.32 Å². The number of aryl methyl sites for hydroxylation is 3. The number of sulfonamides is 1. The van der Waals surface area contributed by atoms with Crippen LogP contribution >= 0.6 is 0 Å². The van der Waals surface area contributed by atoms with E-state index >= 15 is 0 Å². The fraction of sp³-hybridized carbons (Fsp3) is 0.296. The minimum Gasteiger partial charge on any atom is -0.326 e. The summed E-state index contributed by atoms with van der Waals surface area (Å²) in [5, 5.41) is 3.08. The van der Waals surface area contributed by atoms with Gasteiger partial charge >= 0.3 is 0 Å². The largest absolute Gasteiger partial charge is 0.326 e. The number of nitrogens with one attached hydrogen (secondary N) is 2. The number of rotatable bonds is 10. The summed E-state index contributed by atoms with van der Waals surface area (Å²) in [6.07, 6.45) is 2.58. The number of hydrogen-bond donors (Lipinski definition) is 2. The van der Waals surface area contributed by atoms with Crippen LogP contribution in [0.25, 0.3) is 0 Å². The molecule has 33 heavy (non-hydrogen) atoms. The Morgan fingerprint density at radius 2 is 1.45 bits per heavy atom. The predicted molar refractivity (Wildman–Crippen MR) is 134 cm³/mol. The number of amides is 1. The quantitative estimate of drug-likeness (QED) is 0.421. The number of para-hydroxylation sites is 1. The lowest BCUT2D eigenvalue weighted by atomic mass is 10.0. The zero-order valence-corrected chi connectivity index (χ0v) is 20.3. The number of carbonyl (C=O) groups is 1. The van der Waals surface area contributed by atoms with E-state index in [0.717, 1.165) is 40.8 Å². The summed E-state index contributed by atoms with van der Waals surface area (Å²) in [4.78, 5) is 12.8. The molecule has 3 aromatic carbocycles. The molecule has 1 amide bonds. The van der Waals surface area contributed by atoms with Gasteiger partial charge in [0.1, 0.15) is 0 Å². The third-order valence-electron chi connectivity index (χ3n) is 5.77. The second kappa shape index (κ2) is 11.3. The van der Waals surface area contributed by atoms with E-state index in [2.05, 4.69) is 23.9 Å². The van der Waals surface area contributed by atoms with Gasteiger partial charge in [-0.05, 0) is 60.6 Å². The SMILES string of the molecule is CCc1cccc(CC)c1NC(=O)CCc1ccc(S(=O)(=O)N[C@H](C)c2ccccc2)cc1. The zero-order chi connectivity index (χ0) is 23.8. The molecule has 0 unspecified atom stereocenters. The highest BCUT2D eigenvalue weighted by Crippen LogP contribution is 2.23. The standard InChI is InChI=1S/C27H32N2O3S/c1-4-22-12-9-13-23(5-2)27(22)28-26(30)19-16-21-14-17-25(18-15-21)33(31,32)29-20(3)24-10-7-6-8-11-24/h6-15,17-18,20,29H,4-5,16,19H2,1-3H3,(H,28,30)/t20-/m1/s1.